The van der Waals surface area contributed by atoms with Crippen molar-refractivity contribution in [3.63, 3.8) is 0 Å². The Bertz CT molecular complexity index is 294. The fourth-order valence-corrected chi connectivity index (χ4v) is 2.01. The number of alkyl halides is 1. The second-order valence-corrected chi connectivity index (χ2v) is 4.80. The number of aromatic nitrogens is 2. The van der Waals surface area contributed by atoms with Gasteiger partial charge in [0.2, 0.25) is 0 Å². The molecule has 0 fully saturated rings. The minimum atomic E-state index is 0.326. The Kier molecular flexibility index (Phi) is 5.79. The van der Waals surface area contributed by atoms with E-state index in [0.717, 1.165) is 30.7 Å². The summed E-state index contributed by atoms with van der Waals surface area (Å²) in [6.45, 7) is 2.85. The lowest BCUT2D eigenvalue weighted by Gasteiger charge is -2.08. The normalized spacial score (nSPS) is 12.7. The first-order valence-electron chi connectivity index (χ1n) is 5.19. The van der Waals surface area contributed by atoms with Crippen molar-refractivity contribution in [1.82, 2.24) is 9.97 Å². The van der Waals surface area contributed by atoms with E-state index in [9.17, 15) is 0 Å². The van der Waals surface area contributed by atoms with Gasteiger partial charge in [-0.1, -0.05) is 29.3 Å². The Hall–Kier alpha value is -0.480. The molecule has 1 heterocycles. The molecule has 1 aromatic rings. The summed E-state index contributed by atoms with van der Waals surface area (Å²) < 4.78 is 5.06. The van der Waals surface area contributed by atoms with E-state index in [1.165, 1.54) is 0 Å². The molecule has 1 atom stereocenters. The molecule has 0 aliphatic carbocycles. The molecule has 84 valence electrons. The summed E-state index contributed by atoms with van der Waals surface area (Å²) in [7, 11) is 1.71. The molecule has 1 aromatic heterocycles. The van der Waals surface area contributed by atoms with E-state index < -0.39 is 0 Å². The molecule has 3 nitrogen and oxygen atoms in total. The number of methoxy groups -OCH3 is 1. The number of nitrogens with zero attached hydrogens (tertiary/aromatic N) is 2. The average Bonchev–Trinajstić information content (AvgIpc) is 2.19. The van der Waals surface area contributed by atoms with Crippen LogP contribution in [0.5, 0.6) is 0 Å². The number of hydrogen-bond acceptors (Lipinski definition) is 3. The third-order valence-electron chi connectivity index (χ3n) is 2.06. The van der Waals surface area contributed by atoms with Gasteiger partial charge in [0.05, 0.1) is 6.61 Å². The lowest BCUT2D eigenvalue weighted by molar-refractivity contribution is 0.200. The van der Waals surface area contributed by atoms with Crippen molar-refractivity contribution in [2.75, 3.05) is 13.7 Å². The lowest BCUT2D eigenvalue weighted by atomic mass is 10.2. The molecule has 0 saturated heterocycles. The van der Waals surface area contributed by atoms with E-state index in [4.69, 9.17) is 4.74 Å². The molecular weight excluding hydrogens is 256 g/mol. The first-order chi connectivity index (χ1) is 7.26. The van der Waals surface area contributed by atoms with Gasteiger partial charge < -0.3 is 4.74 Å². The van der Waals surface area contributed by atoms with Crippen LogP contribution in [-0.2, 0) is 17.6 Å². The predicted octanol–water partition coefficient (Wildman–Crippen LogP) is 2.38. The van der Waals surface area contributed by atoms with Crippen LogP contribution >= 0.6 is 15.9 Å². The maximum Gasteiger partial charge on any atom is 0.115 e. The van der Waals surface area contributed by atoms with Gasteiger partial charge in [-0.15, -0.1) is 0 Å². The third kappa shape index (κ3) is 4.71. The highest BCUT2D eigenvalue weighted by Crippen LogP contribution is 2.09. The zero-order valence-electron chi connectivity index (χ0n) is 9.24. The molecule has 0 amide bonds. The van der Waals surface area contributed by atoms with Crippen molar-refractivity contribution in [1.29, 1.82) is 0 Å². The van der Waals surface area contributed by atoms with Crippen LogP contribution in [0.1, 0.15) is 24.7 Å². The summed E-state index contributed by atoms with van der Waals surface area (Å²) in [5.74, 6) is 0. The summed E-state index contributed by atoms with van der Waals surface area (Å²) in [6, 6.07) is 2.08. The molecule has 15 heavy (non-hydrogen) atoms. The van der Waals surface area contributed by atoms with Gasteiger partial charge in [-0.2, -0.15) is 0 Å². The third-order valence-corrected chi connectivity index (χ3v) is 2.65. The summed E-state index contributed by atoms with van der Waals surface area (Å²) >= 11 is 3.55. The maximum atomic E-state index is 5.06. The van der Waals surface area contributed by atoms with Crippen molar-refractivity contribution in [3.8, 4) is 0 Å². The first-order valence-corrected chi connectivity index (χ1v) is 6.10. The first kappa shape index (κ1) is 12.6. The van der Waals surface area contributed by atoms with Crippen LogP contribution in [0, 0.1) is 0 Å². The van der Waals surface area contributed by atoms with E-state index in [1.807, 2.05) is 0 Å². The molecule has 0 aliphatic rings. The van der Waals surface area contributed by atoms with Gasteiger partial charge in [0.1, 0.15) is 6.33 Å². The molecular formula is C11H17BrN2O. The molecule has 0 saturated carbocycles. The van der Waals surface area contributed by atoms with E-state index in [1.54, 1.807) is 13.4 Å². The van der Waals surface area contributed by atoms with Crippen molar-refractivity contribution in [2.45, 2.75) is 31.0 Å². The van der Waals surface area contributed by atoms with Gasteiger partial charge in [0.25, 0.3) is 0 Å². The van der Waals surface area contributed by atoms with Gasteiger partial charge in [0, 0.05) is 29.7 Å². The molecule has 0 radical (unpaired) electrons. The van der Waals surface area contributed by atoms with Gasteiger partial charge in [-0.25, -0.2) is 9.97 Å². The molecule has 1 unspecified atom stereocenters. The Morgan fingerprint density at radius 3 is 2.80 bits per heavy atom. The average molecular weight is 273 g/mol. The van der Waals surface area contributed by atoms with E-state index in [-0.39, 0.29) is 0 Å². The second-order valence-electron chi connectivity index (χ2n) is 3.51. The minimum absolute atomic E-state index is 0.326. The zero-order chi connectivity index (χ0) is 11.1. The number of ether oxygens (including phenoxy) is 1. The number of halogens is 1. The molecule has 0 spiro atoms. The highest BCUT2D eigenvalue weighted by atomic mass is 79.9. The SMILES string of the molecule is CCCc1cc(CC(Br)COC)ncn1. The Balaban J connectivity index is 2.56. The van der Waals surface area contributed by atoms with Crippen molar-refractivity contribution in [3.05, 3.63) is 23.8 Å². The molecule has 0 N–H and O–H groups in total. The summed E-state index contributed by atoms with van der Waals surface area (Å²) in [6.07, 6.45) is 4.67. The molecule has 1 rings (SSSR count). The zero-order valence-corrected chi connectivity index (χ0v) is 10.8. The number of aryl methyl sites for hydroxylation is 1. The van der Waals surface area contributed by atoms with Crippen LogP contribution in [0.15, 0.2) is 12.4 Å². The van der Waals surface area contributed by atoms with E-state index >= 15 is 0 Å². The number of hydrogen-bond donors (Lipinski definition) is 0. The smallest absolute Gasteiger partial charge is 0.115 e. The summed E-state index contributed by atoms with van der Waals surface area (Å²) in [5.41, 5.74) is 2.20. The van der Waals surface area contributed by atoms with Crippen molar-refractivity contribution in [2.24, 2.45) is 0 Å². The maximum absolute atomic E-state index is 5.06. The minimum Gasteiger partial charge on any atom is -0.384 e. The van der Waals surface area contributed by atoms with E-state index in [2.05, 4.69) is 38.9 Å². The van der Waals surface area contributed by atoms with Crippen LogP contribution in [-0.4, -0.2) is 28.5 Å². The Morgan fingerprint density at radius 1 is 1.40 bits per heavy atom. The summed E-state index contributed by atoms with van der Waals surface area (Å²) in [5, 5.41) is 0. The second kappa shape index (κ2) is 6.90. The molecule has 4 heteroatoms. The Labute approximate surface area is 99.4 Å². The fourth-order valence-electron chi connectivity index (χ4n) is 1.42. The molecule has 0 bridgehead atoms. The van der Waals surface area contributed by atoms with Gasteiger partial charge in [-0.05, 0) is 12.5 Å². The van der Waals surface area contributed by atoms with Crippen LogP contribution in [0.3, 0.4) is 0 Å². The lowest BCUT2D eigenvalue weighted by Crippen LogP contribution is -2.11. The highest BCUT2D eigenvalue weighted by molar-refractivity contribution is 9.09. The topological polar surface area (TPSA) is 35.0 Å². The predicted molar refractivity (Wildman–Crippen MR) is 64.3 cm³/mol. The van der Waals surface area contributed by atoms with Crippen LogP contribution < -0.4 is 0 Å². The van der Waals surface area contributed by atoms with Crippen LogP contribution in [0.25, 0.3) is 0 Å². The van der Waals surface area contributed by atoms with Crippen LogP contribution in [0.4, 0.5) is 0 Å². The molecule has 0 aliphatic heterocycles. The monoisotopic (exact) mass is 272 g/mol. The van der Waals surface area contributed by atoms with Gasteiger partial charge in [-0.3, -0.25) is 0 Å². The quantitative estimate of drug-likeness (QED) is 0.746. The Morgan fingerprint density at radius 2 is 2.13 bits per heavy atom. The largest absolute Gasteiger partial charge is 0.384 e. The van der Waals surface area contributed by atoms with Crippen molar-refractivity contribution >= 4 is 15.9 Å². The van der Waals surface area contributed by atoms with Gasteiger partial charge in [0.15, 0.2) is 0 Å². The highest BCUT2D eigenvalue weighted by Gasteiger charge is 2.06. The van der Waals surface area contributed by atoms with Crippen molar-refractivity contribution < 1.29 is 4.74 Å². The van der Waals surface area contributed by atoms with Crippen LogP contribution in [0.2, 0.25) is 0 Å². The van der Waals surface area contributed by atoms with E-state index in [0.29, 0.717) is 11.4 Å². The van der Waals surface area contributed by atoms with Gasteiger partial charge >= 0.3 is 0 Å². The fraction of sp³-hybridized carbons (Fsp3) is 0.636. The standard InChI is InChI=1S/C11H17BrN2O/c1-3-4-10-6-11(14-8-13-10)5-9(12)7-15-2/h6,8-9H,3-5,7H2,1-2H3. The number of rotatable bonds is 6. The molecule has 0 aromatic carbocycles. The summed E-state index contributed by atoms with van der Waals surface area (Å²) in [4.78, 5) is 8.80.